The summed E-state index contributed by atoms with van der Waals surface area (Å²) in [5, 5.41) is 0. The van der Waals surface area contributed by atoms with Crippen molar-refractivity contribution in [2.75, 3.05) is 7.11 Å². The topological polar surface area (TPSA) is 18.5 Å². The van der Waals surface area contributed by atoms with Crippen molar-refractivity contribution in [1.29, 1.82) is 0 Å². The highest BCUT2D eigenvalue weighted by molar-refractivity contribution is 5.34. The van der Waals surface area contributed by atoms with Crippen LogP contribution in [0.5, 0.6) is 11.5 Å². The molecule has 1 aromatic rings. The SMILES string of the molecule is C=C/C(C)=C\C(=C/C)Oc1ccc(OC)cc1.CC. The maximum absolute atomic E-state index is 5.72. The number of ether oxygens (including phenoxy) is 2. The average Bonchev–Trinajstić information content (AvgIpc) is 2.49. The Labute approximate surface area is 117 Å². The number of hydrogen-bond acceptors (Lipinski definition) is 2. The van der Waals surface area contributed by atoms with Crippen LogP contribution in [-0.2, 0) is 0 Å². The minimum atomic E-state index is 0.784. The molecule has 0 aromatic heterocycles. The smallest absolute Gasteiger partial charge is 0.127 e. The van der Waals surface area contributed by atoms with Gasteiger partial charge in [0.15, 0.2) is 0 Å². The molecule has 0 bridgehead atoms. The van der Waals surface area contributed by atoms with Gasteiger partial charge in [-0.2, -0.15) is 0 Å². The van der Waals surface area contributed by atoms with Gasteiger partial charge in [-0.3, -0.25) is 0 Å². The van der Waals surface area contributed by atoms with Crippen molar-refractivity contribution in [3.8, 4) is 11.5 Å². The van der Waals surface area contributed by atoms with Crippen molar-refractivity contribution in [3.05, 3.63) is 60.4 Å². The van der Waals surface area contributed by atoms with Crippen molar-refractivity contribution in [2.24, 2.45) is 0 Å². The molecule has 104 valence electrons. The first kappa shape index (κ1) is 17.0. The largest absolute Gasteiger partial charge is 0.497 e. The molecule has 1 aromatic carbocycles. The number of rotatable bonds is 5. The summed E-state index contributed by atoms with van der Waals surface area (Å²) < 4.78 is 10.8. The van der Waals surface area contributed by atoms with Crippen LogP contribution in [0.25, 0.3) is 0 Å². The first-order chi connectivity index (χ1) is 9.19. The predicted molar refractivity (Wildman–Crippen MR) is 82.7 cm³/mol. The third-order valence-electron chi connectivity index (χ3n) is 2.27. The molecule has 1 rings (SSSR count). The fourth-order valence-electron chi connectivity index (χ4n) is 1.23. The van der Waals surface area contributed by atoms with Crippen molar-refractivity contribution in [3.63, 3.8) is 0 Å². The van der Waals surface area contributed by atoms with Crippen LogP contribution >= 0.6 is 0 Å². The zero-order valence-electron chi connectivity index (χ0n) is 12.6. The second-order valence-electron chi connectivity index (χ2n) is 3.56. The minimum absolute atomic E-state index is 0.784. The van der Waals surface area contributed by atoms with E-state index in [-0.39, 0.29) is 0 Å². The highest BCUT2D eigenvalue weighted by atomic mass is 16.5. The number of allylic oxidation sites excluding steroid dienone is 4. The molecule has 0 fully saturated rings. The van der Waals surface area contributed by atoms with Crippen LogP contribution < -0.4 is 9.47 Å². The van der Waals surface area contributed by atoms with E-state index in [9.17, 15) is 0 Å². The molecule has 0 saturated heterocycles. The molecule has 2 heteroatoms. The van der Waals surface area contributed by atoms with Crippen LogP contribution in [0.15, 0.2) is 60.4 Å². The summed E-state index contributed by atoms with van der Waals surface area (Å²) in [6.45, 7) is 11.6. The summed E-state index contributed by atoms with van der Waals surface area (Å²) >= 11 is 0. The molecule has 0 radical (unpaired) electrons. The highest BCUT2D eigenvalue weighted by Gasteiger charge is 1.98. The molecule has 0 heterocycles. The van der Waals surface area contributed by atoms with Crippen LogP contribution in [0.2, 0.25) is 0 Å². The lowest BCUT2D eigenvalue weighted by Crippen LogP contribution is -1.93. The lowest BCUT2D eigenvalue weighted by Gasteiger charge is -2.07. The second-order valence-corrected chi connectivity index (χ2v) is 3.56. The van der Waals surface area contributed by atoms with Crippen molar-refractivity contribution >= 4 is 0 Å². The molecular formula is C17H24O2. The van der Waals surface area contributed by atoms with Gasteiger partial charge < -0.3 is 9.47 Å². The zero-order valence-corrected chi connectivity index (χ0v) is 12.6. The molecule has 0 unspecified atom stereocenters. The van der Waals surface area contributed by atoms with Gasteiger partial charge in [-0.05, 0) is 55.8 Å². The third-order valence-corrected chi connectivity index (χ3v) is 2.27. The monoisotopic (exact) mass is 260 g/mol. The predicted octanol–water partition coefficient (Wildman–Crippen LogP) is 5.14. The fourth-order valence-corrected chi connectivity index (χ4v) is 1.23. The minimum Gasteiger partial charge on any atom is -0.497 e. The normalized spacial score (nSPS) is 11.2. The van der Waals surface area contributed by atoms with Gasteiger partial charge in [0.2, 0.25) is 0 Å². The summed E-state index contributed by atoms with van der Waals surface area (Å²) in [5.41, 5.74) is 1.06. The number of hydrogen-bond donors (Lipinski definition) is 0. The van der Waals surface area contributed by atoms with Crippen molar-refractivity contribution in [1.82, 2.24) is 0 Å². The standard InChI is InChI=1S/C15H18O2.C2H6/c1-5-12(3)11-13(6-2)17-15-9-7-14(16-4)8-10-15;1-2/h5-11H,1H2,2-4H3;1-2H3/b12-11-,13-6+;. The Bertz CT molecular complexity index is 425. The summed E-state index contributed by atoms with van der Waals surface area (Å²) in [6.07, 6.45) is 5.65. The molecule has 0 spiro atoms. The first-order valence-corrected chi connectivity index (χ1v) is 6.48. The van der Waals surface area contributed by atoms with Crippen LogP contribution in [0.4, 0.5) is 0 Å². The van der Waals surface area contributed by atoms with Gasteiger partial charge in [0.1, 0.15) is 17.3 Å². The fraction of sp³-hybridized carbons (Fsp3) is 0.294. The number of benzene rings is 1. The van der Waals surface area contributed by atoms with Crippen molar-refractivity contribution in [2.45, 2.75) is 27.7 Å². The Morgan fingerprint density at radius 2 is 1.63 bits per heavy atom. The van der Waals surface area contributed by atoms with E-state index in [1.165, 1.54) is 0 Å². The van der Waals surface area contributed by atoms with Gasteiger partial charge in [-0.15, -0.1) is 0 Å². The molecule has 0 atom stereocenters. The second kappa shape index (κ2) is 10.0. The van der Waals surface area contributed by atoms with Crippen LogP contribution in [0.3, 0.4) is 0 Å². The Balaban J connectivity index is 0.00000154. The van der Waals surface area contributed by atoms with Crippen LogP contribution in [0, 0.1) is 0 Å². The van der Waals surface area contributed by atoms with Gasteiger partial charge in [0, 0.05) is 0 Å². The summed E-state index contributed by atoms with van der Waals surface area (Å²) in [5.74, 6) is 2.40. The lowest BCUT2D eigenvalue weighted by molar-refractivity contribution is 0.410. The number of methoxy groups -OCH3 is 1. The third kappa shape index (κ3) is 6.51. The van der Waals surface area contributed by atoms with E-state index in [1.54, 1.807) is 13.2 Å². The Morgan fingerprint density at radius 3 is 2.05 bits per heavy atom. The van der Waals surface area contributed by atoms with Crippen LogP contribution in [0.1, 0.15) is 27.7 Å². The van der Waals surface area contributed by atoms with Gasteiger partial charge in [0.25, 0.3) is 0 Å². The Morgan fingerprint density at radius 1 is 1.11 bits per heavy atom. The van der Waals surface area contributed by atoms with E-state index in [1.807, 2.05) is 64.1 Å². The van der Waals surface area contributed by atoms with Gasteiger partial charge in [-0.1, -0.05) is 26.5 Å². The van der Waals surface area contributed by atoms with E-state index in [0.717, 1.165) is 22.8 Å². The van der Waals surface area contributed by atoms with Gasteiger partial charge in [0.05, 0.1) is 7.11 Å². The maximum Gasteiger partial charge on any atom is 0.127 e. The molecule has 0 saturated carbocycles. The molecular weight excluding hydrogens is 236 g/mol. The molecule has 0 aliphatic rings. The van der Waals surface area contributed by atoms with Gasteiger partial charge >= 0.3 is 0 Å². The maximum atomic E-state index is 5.72. The highest BCUT2D eigenvalue weighted by Crippen LogP contribution is 2.19. The molecule has 2 nitrogen and oxygen atoms in total. The zero-order chi connectivity index (χ0) is 14.7. The van der Waals surface area contributed by atoms with E-state index < -0.39 is 0 Å². The summed E-state index contributed by atoms with van der Waals surface area (Å²) in [6, 6.07) is 7.48. The molecule has 0 N–H and O–H groups in total. The average molecular weight is 260 g/mol. The van der Waals surface area contributed by atoms with Gasteiger partial charge in [-0.25, -0.2) is 0 Å². The molecule has 0 amide bonds. The lowest BCUT2D eigenvalue weighted by atomic mass is 10.2. The molecule has 19 heavy (non-hydrogen) atoms. The molecule has 0 aliphatic heterocycles. The van der Waals surface area contributed by atoms with E-state index in [2.05, 4.69) is 6.58 Å². The summed E-state index contributed by atoms with van der Waals surface area (Å²) in [4.78, 5) is 0. The molecule has 0 aliphatic carbocycles. The summed E-state index contributed by atoms with van der Waals surface area (Å²) in [7, 11) is 1.64. The Kier molecular flexibility index (Phi) is 8.98. The quantitative estimate of drug-likeness (QED) is 0.539. The van der Waals surface area contributed by atoms with Crippen molar-refractivity contribution < 1.29 is 9.47 Å². The van der Waals surface area contributed by atoms with E-state index in [4.69, 9.17) is 9.47 Å². The van der Waals surface area contributed by atoms with E-state index in [0.29, 0.717) is 0 Å². The Hall–Kier alpha value is -1.96. The van der Waals surface area contributed by atoms with Crippen LogP contribution in [-0.4, -0.2) is 7.11 Å². The van der Waals surface area contributed by atoms with E-state index >= 15 is 0 Å². The first-order valence-electron chi connectivity index (χ1n) is 6.48.